The Labute approximate surface area is 153 Å². The van der Waals surface area contributed by atoms with Gasteiger partial charge in [-0.3, -0.25) is 0 Å². The molecule has 5 heteroatoms. The number of benzene rings is 2. The van der Waals surface area contributed by atoms with Crippen molar-refractivity contribution >= 4 is 11.9 Å². The summed E-state index contributed by atoms with van der Waals surface area (Å²) in [6.45, 7) is 8.08. The summed E-state index contributed by atoms with van der Waals surface area (Å²) in [4.78, 5) is 24.3. The van der Waals surface area contributed by atoms with Crippen molar-refractivity contribution in [2.24, 2.45) is 5.92 Å². The second-order valence-electron chi connectivity index (χ2n) is 6.57. The first-order chi connectivity index (χ1) is 12.4. The van der Waals surface area contributed by atoms with Crippen molar-refractivity contribution in [2.45, 2.75) is 33.8 Å². The zero-order valence-corrected chi connectivity index (χ0v) is 15.5. The molecule has 0 unspecified atom stereocenters. The van der Waals surface area contributed by atoms with Crippen LogP contribution < -0.4 is 9.47 Å². The van der Waals surface area contributed by atoms with Gasteiger partial charge in [0.15, 0.2) is 11.5 Å². The smallest absolute Gasteiger partial charge is 0.343 e. The van der Waals surface area contributed by atoms with E-state index in [1.807, 2.05) is 33.8 Å². The number of rotatable bonds is 7. The van der Waals surface area contributed by atoms with Crippen LogP contribution in [-0.2, 0) is 4.74 Å². The van der Waals surface area contributed by atoms with Crippen LogP contribution in [0.4, 0.5) is 0 Å². The zero-order chi connectivity index (χ0) is 19.1. The maximum atomic E-state index is 12.4. The Morgan fingerprint density at radius 3 is 1.88 bits per heavy atom. The van der Waals surface area contributed by atoms with Crippen LogP contribution in [0.15, 0.2) is 48.5 Å². The number of ether oxygens (including phenoxy) is 3. The molecule has 2 aromatic carbocycles. The van der Waals surface area contributed by atoms with E-state index in [4.69, 9.17) is 14.2 Å². The van der Waals surface area contributed by atoms with Crippen LogP contribution in [0.1, 0.15) is 48.4 Å². The van der Waals surface area contributed by atoms with E-state index in [0.717, 1.165) is 0 Å². The molecule has 0 aliphatic carbocycles. The minimum atomic E-state index is -0.521. The molecule has 2 rings (SSSR count). The lowest BCUT2D eigenvalue weighted by Crippen LogP contribution is -2.13. The predicted molar refractivity (Wildman–Crippen MR) is 98.7 cm³/mol. The van der Waals surface area contributed by atoms with Crippen molar-refractivity contribution < 1.29 is 23.8 Å². The molecule has 0 aromatic heterocycles. The Morgan fingerprint density at radius 1 is 0.808 bits per heavy atom. The summed E-state index contributed by atoms with van der Waals surface area (Å²) >= 11 is 0. The van der Waals surface area contributed by atoms with Crippen LogP contribution in [0.25, 0.3) is 0 Å². The third-order valence-electron chi connectivity index (χ3n) is 3.32. The monoisotopic (exact) mass is 356 g/mol. The van der Waals surface area contributed by atoms with E-state index in [1.54, 1.807) is 42.5 Å². The maximum Gasteiger partial charge on any atom is 0.343 e. The second kappa shape index (κ2) is 9.04. The summed E-state index contributed by atoms with van der Waals surface area (Å²) in [6, 6.07) is 13.2. The van der Waals surface area contributed by atoms with Gasteiger partial charge in [-0.25, -0.2) is 9.59 Å². The molecule has 0 fully saturated rings. The van der Waals surface area contributed by atoms with Gasteiger partial charge in [0.1, 0.15) is 0 Å². The highest BCUT2D eigenvalue weighted by atomic mass is 16.6. The van der Waals surface area contributed by atoms with Crippen molar-refractivity contribution in [2.75, 3.05) is 6.61 Å². The van der Waals surface area contributed by atoms with Crippen LogP contribution in [0.2, 0.25) is 0 Å². The largest absolute Gasteiger partial charge is 0.487 e. The highest BCUT2D eigenvalue weighted by Crippen LogP contribution is 2.28. The molecule has 0 saturated carbocycles. The number of carbonyl (C=O) groups excluding carboxylic acids is 2. The fourth-order valence-corrected chi connectivity index (χ4v) is 2.11. The molecule has 26 heavy (non-hydrogen) atoms. The topological polar surface area (TPSA) is 61.8 Å². The fraction of sp³-hybridized carbons (Fsp3) is 0.333. The van der Waals surface area contributed by atoms with Gasteiger partial charge in [0.05, 0.1) is 23.8 Å². The Bertz CT molecular complexity index is 747. The fourth-order valence-electron chi connectivity index (χ4n) is 2.11. The van der Waals surface area contributed by atoms with Gasteiger partial charge in [0.25, 0.3) is 0 Å². The number of carbonyl (C=O) groups is 2. The Hall–Kier alpha value is -2.82. The number of para-hydroxylation sites is 2. The highest BCUT2D eigenvalue weighted by Gasteiger charge is 2.14. The van der Waals surface area contributed by atoms with Gasteiger partial charge in [-0.1, -0.05) is 26.0 Å². The highest BCUT2D eigenvalue weighted by molar-refractivity contribution is 5.94. The van der Waals surface area contributed by atoms with E-state index in [2.05, 4.69) is 0 Å². The molecular formula is C21H24O5. The molecule has 0 aliphatic heterocycles. The standard InChI is InChI=1S/C21H24O5/c1-14(2)13-24-20(22)16-9-11-17(12-10-16)21(23)26-19-8-6-5-7-18(19)25-15(3)4/h5-12,14-15H,13H2,1-4H3. The summed E-state index contributed by atoms with van der Waals surface area (Å²) in [6.07, 6.45) is -0.0361. The van der Waals surface area contributed by atoms with Crippen molar-refractivity contribution in [1.82, 2.24) is 0 Å². The predicted octanol–water partition coefficient (Wildman–Crippen LogP) is 4.51. The van der Waals surface area contributed by atoms with E-state index in [9.17, 15) is 9.59 Å². The van der Waals surface area contributed by atoms with Gasteiger partial charge in [-0.05, 0) is 56.2 Å². The lowest BCUT2D eigenvalue weighted by Gasteiger charge is -2.14. The first kappa shape index (κ1) is 19.5. The zero-order valence-electron chi connectivity index (χ0n) is 15.5. The third kappa shape index (κ3) is 5.62. The SMILES string of the molecule is CC(C)COC(=O)c1ccc(C(=O)Oc2ccccc2OC(C)C)cc1. The molecule has 0 aliphatic rings. The lowest BCUT2D eigenvalue weighted by molar-refractivity contribution is 0.0458. The number of esters is 2. The maximum absolute atomic E-state index is 12.4. The van der Waals surface area contributed by atoms with Crippen molar-refractivity contribution in [3.8, 4) is 11.5 Å². The average molecular weight is 356 g/mol. The number of hydrogen-bond acceptors (Lipinski definition) is 5. The third-order valence-corrected chi connectivity index (χ3v) is 3.32. The molecule has 0 spiro atoms. The molecule has 2 aromatic rings. The molecular weight excluding hydrogens is 332 g/mol. The minimum Gasteiger partial charge on any atom is -0.487 e. The van der Waals surface area contributed by atoms with E-state index in [0.29, 0.717) is 29.2 Å². The van der Waals surface area contributed by atoms with Crippen molar-refractivity contribution in [1.29, 1.82) is 0 Å². The molecule has 0 radical (unpaired) electrons. The van der Waals surface area contributed by atoms with Gasteiger partial charge in [0.2, 0.25) is 0 Å². The van der Waals surface area contributed by atoms with Crippen LogP contribution >= 0.6 is 0 Å². The summed E-state index contributed by atoms with van der Waals surface area (Å²) in [7, 11) is 0. The molecule has 0 heterocycles. The Kier molecular flexibility index (Phi) is 6.78. The molecule has 0 atom stereocenters. The normalized spacial score (nSPS) is 10.7. The van der Waals surface area contributed by atoms with E-state index < -0.39 is 11.9 Å². The summed E-state index contributed by atoms with van der Waals surface area (Å²) < 4.78 is 16.2. The van der Waals surface area contributed by atoms with Crippen LogP contribution in [0.3, 0.4) is 0 Å². The van der Waals surface area contributed by atoms with Gasteiger partial charge in [-0.15, -0.1) is 0 Å². The second-order valence-corrected chi connectivity index (χ2v) is 6.57. The van der Waals surface area contributed by atoms with Crippen molar-refractivity contribution in [3.63, 3.8) is 0 Å². The molecule has 5 nitrogen and oxygen atoms in total. The van der Waals surface area contributed by atoms with Crippen LogP contribution in [-0.4, -0.2) is 24.6 Å². The molecule has 0 amide bonds. The lowest BCUT2D eigenvalue weighted by atomic mass is 10.1. The average Bonchev–Trinajstić information content (AvgIpc) is 2.61. The number of hydrogen-bond donors (Lipinski definition) is 0. The minimum absolute atomic E-state index is 0.0361. The molecule has 138 valence electrons. The first-order valence-corrected chi connectivity index (χ1v) is 8.62. The summed E-state index contributed by atoms with van der Waals surface area (Å²) in [5.41, 5.74) is 0.732. The van der Waals surface area contributed by atoms with E-state index in [-0.39, 0.29) is 12.0 Å². The van der Waals surface area contributed by atoms with Gasteiger partial charge in [0, 0.05) is 0 Å². The Morgan fingerprint density at radius 2 is 1.35 bits per heavy atom. The van der Waals surface area contributed by atoms with E-state index >= 15 is 0 Å². The first-order valence-electron chi connectivity index (χ1n) is 8.62. The molecule has 0 N–H and O–H groups in total. The van der Waals surface area contributed by atoms with Crippen molar-refractivity contribution in [3.05, 3.63) is 59.7 Å². The molecule has 0 saturated heterocycles. The summed E-state index contributed by atoms with van der Waals surface area (Å²) in [5, 5.41) is 0. The van der Waals surface area contributed by atoms with Gasteiger partial charge in [-0.2, -0.15) is 0 Å². The summed E-state index contributed by atoms with van der Waals surface area (Å²) in [5.74, 6) is 0.193. The molecule has 0 bridgehead atoms. The van der Waals surface area contributed by atoms with Crippen LogP contribution in [0.5, 0.6) is 11.5 Å². The van der Waals surface area contributed by atoms with Gasteiger partial charge >= 0.3 is 11.9 Å². The van der Waals surface area contributed by atoms with E-state index in [1.165, 1.54) is 0 Å². The quantitative estimate of drug-likeness (QED) is 0.540. The Balaban J connectivity index is 2.06. The van der Waals surface area contributed by atoms with Gasteiger partial charge < -0.3 is 14.2 Å². The van der Waals surface area contributed by atoms with Crippen LogP contribution in [0, 0.1) is 5.92 Å².